The Morgan fingerprint density at radius 1 is 1.09 bits per heavy atom. The molecule has 2 amide bonds. The van der Waals surface area contributed by atoms with Gasteiger partial charge in [0, 0.05) is 12.8 Å². The second kappa shape index (κ2) is 11.5. The van der Waals surface area contributed by atoms with Gasteiger partial charge in [0.15, 0.2) is 11.6 Å². The number of aliphatic hydroxyl groups is 1. The monoisotopic (exact) mass is 470 g/mol. The number of sulfone groups is 1. The Morgan fingerprint density at radius 3 is 2.41 bits per heavy atom. The van der Waals surface area contributed by atoms with E-state index in [0.717, 1.165) is 30.0 Å². The van der Waals surface area contributed by atoms with Gasteiger partial charge in [-0.2, -0.15) is 0 Å². The van der Waals surface area contributed by atoms with E-state index in [2.05, 4.69) is 10.6 Å². The average Bonchev–Trinajstić information content (AvgIpc) is 2.75. The molecular formula is C21H24F2N2O6S. The number of hydrogen-bond donors (Lipinski definition) is 3. The Labute approximate surface area is 184 Å². The molecule has 174 valence electrons. The summed E-state index contributed by atoms with van der Waals surface area (Å²) >= 11 is 0. The summed E-state index contributed by atoms with van der Waals surface area (Å²) in [5.41, 5.74) is 0.751. The number of nitrogens with one attached hydrogen (secondary N) is 2. The van der Waals surface area contributed by atoms with Crippen LogP contribution in [0.15, 0.2) is 48.5 Å². The van der Waals surface area contributed by atoms with Crippen molar-refractivity contribution in [3.63, 3.8) is 0 Å². The second-order valence-electron chi connectivity index (χ2n) is 7.11. The molecule has 2 aromatic rings. The highest BCUT2D eigenvalue weighted by molar-refractivity contribution is 7.90. The number of carbonyl (C=O) groups excluding carboxylic acids is 2. The van der Waals surface area contributed by atoms with Crippen molar-refractivity contribution in [3.8, 4) is 0 Å². The van der Waals surface area contributed by atoms with Gasteiger partial charge in [-0.25, -0.2) is 22.0 Å². The second-order valence-corrected chi connectivity index (χ2v) is 9.37. The number of benzene rings is 2. The minimum Gasteiger partial charge on any atom is -0.445 e. The third-order valence-electron chi connectivity index (χ3n) is 4.40. The summed E-state index contributed by atoms with van der Waals surface area (Å²) in [6.45, 7) is -0.429. The molecule has 0 saturated heterocycles. The van der Waals surface area contributed by atoms with Gasteiger partial charge in [-0.05, 0) is 29.7 Å². The maximum absolute atomic E-state index is 13.3. The summed E-state index contributed by atoms with van der Waals surface area (Å²) in [5, 5.41) is 14.8. The molecule has 0 saturated carbocycles. The van der Waals surface area contributed by atoms with E-state index in [4.69, 9.17) is 4.74 Å². The van der Waals surface area contributed by atoms with E-state index in [0.29, 0.717) is 0 Å². The summed E-state index contributed by atoms with van der Waals surface area (Å²) in [7, 11) is -3.43. The highest BCUT2D eigenvalue weighted by atomic mass is 32.2. The minimum absolute atomic E-state index is 0.0344. The molecule has 2 rings (SSSR count). The Morgan fingerprint density at radius 2 is 1.78 bits per heavy atom. The van der Waals surface area contributed by atoms with Crippen LogP contribution >= 0.6 is 0 Å². The number of aliphatic hydroxyl groups excluding tert-OH is 1. The van der Waals surface area contributed by atoms with Crippen molar-refractivity contribution < 1.29 is 36.6 Å². The molecule has 0 bridgehead atoms. The van der Waals surface area contributed by atoms with E-state index in [1.54, 1.807) is 30.3 Å². The summed E-state index contributed by atoms with van der Waals surface area (Å²) in [6.07, 6.45) is -1.52. The number of rotatable bonds is 10. The van der Waals surface area contributed by atoms with E-state index < -0.39 is 45.6 Å². The quantitative estimate of drug-likeness (QED) is 0.487. The van der Waals surface area contributed by atoms with Gasteiger partial charge >= 0.3 is 6.09 Å². The Balaban J connectivity index is 1.96. The molecule has 2 unspecified atom stereocenters. The molecule has 0 aliphatic rings. The minimum atomic E-state index is -3.43. The third kappa shape index (κ3) is 8.60. The normalized spacial score (nSPS) is 13.1. The maximum atomic E-state index is 13.3. The van der Waals surface area contributed by atoms with Crippen molar-refractivity contribution >= 4 is 21.8 Å². The van der Waals surface area contributed by atoms with Gasteiger partial charge in [-0.15, -0.1) is 0 Å². The van der Waals surface area contributed by atoms with Crippen molar-refractivity contribution in [1.29, 1.82) is 0 Å². The molecule has 0 spiro atoms. The van der Waals surface area contributed by atoms with E-state index in [1.165, 1.54) is 0 Å². The maximum Gasteiger partial charge on any atom is 0.408 e. The van der Waals surface area contributed by atoms with Crippen LogP contribution in [0.2, 0.25) is 0 Å². The van der Waals surface area contributed by atoms with E-state index in [9.17, 15) is 31.9 Å². The first-order chi connectivity index (χ1) is 15.0. The van der Waals surface area contributed by atoms with Crippen molar-refractivity contribution in [2.75, 3.05) is 18.6 Å². The van der Waals surface area contributed by atoms with Crippen LogP contribution in [-0.4, -0.2) is 50.1 Å². The van der Waals surface area contributed by atoms with Crippen molar-refractivity contribution in [2.45, 2.75) is 25.2 Å². The number of hydrogen-bond acceptors (Lipinski definition) is 6. The molecule has 0 heterocycles. The van der Waals surface area contributed by atoms with Crippen LogP contribution in [0.4, 0.5) is 13.6 Å². The molecule has 0 radical (unpaired) electrons. The lowest BCUT2D eigenvalue weighted by atomic mass is 10.1. The van der Waals surface area contributed by atoms with Gasteiger partial charge in [0.1, 0.15) is 22.5 Å². The number of ether oxygens (including phenoxy) is 1. The van der Waals surface area contributed by atoms with Crippen LogP contribution in [0.1, 0.15) is 23.7 Å². The Hall–Kier alpha value is -3.05. The van der Waals surface area contributed by atoms with Gasteiger partial charge < -0.3 is 20.5 Å². The fourth-order valence-electron chi connectivity index (χ4n) is 2.67. The van der Waals surface area contributed by atoms with Crippen LogP contribution in [-0.2, 0) is 26.0 Å². The first kappa shape index (κ1) is 25.2. The topological polar surface area (TPSA) is 122 Å². The lowest BCUT2D eigenvalue weighted by Gasteiger charge is -2.19. The fraction of sp³-hybridized carbons (Fsp3) is 0.333. The molecule has 2 atom stereocenters. The standard InChI is InChI=1S/C21H24F2N2O6S/c1-32(29,30)10-9-18(25-21(28)31-13-14-5-3-2-4-6-14)20(27)24-12-19(26)15-7-8-16(22)17(23)11-15/h2-8,11,18-19,26H,9-10,12-13H2,1H3,(H,24,27)(H,25,28). The van der Waals surface area contributed by atoms with Crippen LogP contribution < -0.4 is 10.6 Å². The average molecular weight is 470 g/mol. The summed E-state index contributed by atoms with van der Waals surface area (Å²) in [6, 6.07) is 10.3. The zero-order chi connectivity index (χ0) is 23.7. The van der Waals surface area contributed by atoms with Gasteiger partial charge in [0.2, 0.25) is 5.91 Å². The predicted octanol–water partition coefficient (Wildman–Crippen LogP) is 1.84. The zero-order valence-electron chi connectivity index (χ0n) is 17.3. The zero-order valence-corrected chi connectivity index (χ0v) is 18.1. The van der Waals surface area contributed by atoms with E-state index in [-0.39, 0.29) is 30.9 Å². The van der Waals surface area contributed by atoms with Crippen LogP contribution in [0.5, 0.6) is 0 Å². The molecular weight excluding hydrogens is 446 g/mol. The van der Waals surface area contributed by atoms with Crippen LogP contribution in [0.25, 0.3) is 0 Å². The fourth-order valence-corrected chi connectivity index (χ4v) is 3.33. The molecule has 2 aromatic carbocycles. The van der Waals surface area contributed by atoms with Crippen molar-refractivity contribution in [3.05, 3.63) is 71.3 Å². The van der Waals surface area contributed by atoms with Gasteiger partial charge in [0.05, 0.1) is 11.9 Å². The summed E-state index contributed by atoms with van der Waals surface area (Å²) in [5.74, 6) is -3.38. The molecule has 32 heavy (non-hydrogen) atoms. The Bertz CT molecular complexity index is 1030. The van der Waals surface area contributed by atoms with Gasteiger partial charge in [0.25, 0.3) is 0 Å². The van der Waals surface area contributed by atoms with Crippen LogP contribution in [0, 0.1) is 11.6 Å². The molecule has 0 aromatic heterocycles. The Kier molecular flexibility index (Phi) is 9.09. The van der Waals surface area contributed by atoms with E-state index >= 15 is 0 Å². The summed E-state index contributed by atoms with van der Waals surface area (Å²) < 4.78 is 54.4. The number of halogens is 2. The van der Waals surface area contributed by atoms with Gasteiger partial charge in [-0.3, -0.25) is 4.79 Å². The molecule has 11 heteroatoms. The molecule has 0 aliphatic carbocycles. The molecule has 0 fully saturated rings. The lowest BCUT2D eigenvalue weighted by Crippen LogP contribution is -2.48. The van der Waals surface area contributed by atoms with Gasteiger partial charge in [-0.1, -0.05) is 36.4 Å². The number of amides is 2. The largest absolute Gasteiger partial charge is 0.445 e. The molecule has 3 N–H and O–H groups in total. The van der Waals surface area contributed by atoms with E-state index in [1.807, 2.05) is 0 Å². The third-order valence-corrected chi connectivity index (χ3v) is 5.37. The SMILES string of the molecule is CS(=O)(=O)CCC(NC(=O)OCc1ccccc1)C(=O)NCC(O)c1ccc(F)c(F)c1. The highest BCUT2D eigenvalue weighted by Crippen LogP contribution is 2.15. The van der Waals surface area contributed by atoms with Crippen molar-refractivity contribution in [2.24, 2.45) is 0 Å². The molecule has 8 nitrogen and oxygen atoms in total. The highest BCUT2D eigenvalue weighted by Gasteiger charge is 2.24. The van der Waals surface area contributed by atoms with Crippen LogP contribution in [0.3, 0.4) is 0 Å². The lowest BCUT2D eigenvalue weighted by molar-refractivity contribution is -0.123. The smallest absolute Gasteiger partial charge is 0.408 e. The molecule has 0 aliphatic heterocycles. The first-order valence-corrected chi connectivity index (χ1v) is 11.7. The number of alkyl carbamates (subject to hydrolysis) is 1. The first-order valence-electron chi connectivity index (χ1n) is 9.61. The van der Waals surface area contributed by atoms with Crippen molar-refractivity contribution in [1.82, 2.24) is 10.6 Å². The predicted molar refractivity (Wildman–Crippen MR) is 112 cm³/mol. The summed E-state index contributed by atoms with van der Waals surface area (Å²) in [4.78, 5) is 24.6. The number of carbonyl (C=O) groups is 2.